The van der Waals surface area contributed by atoms with Crippen LogP contribution in [0.5, 0.6) is 0 Å². The SMILES string of the molecule is CN(C)CCN(Cc1ccccc1)C(=O)Nc1cc(F)ccc1F. The van der Waals surface area contributed by atoms with Crippen molar-refractivity contribution in [3.8, 4) is 0 Å². The molecule has 0 aliphatic rings. The summed E-state index contributed by atoms with van der Waals surface area (Å²) in [6.45, 7) is 1.51. The third-order valence-corrected chi connectivity index (χ3v) is 3.49. The fourth-order valence-corrected chi connectivity index (χ4v) is 2.16. The van der Waals surface area contributed by atoms with Gasteiger partial charge in [0.1, 0.15) is 11.6 Å². The van der Waals surface area contributed by atoms with Crippen LogP contribution in [0.15, 0.2) is 48.5 Å². The molecular formula is C18H21F2N3O. The highest BCUT2D eigenvalue weighted by Crippen LogP contribution is 2.16. The van der Waals surface area contributed by atoms with Gasteiger partial charge in [0.05, 0.1) is 5.69 Å². The molecule has 0 radical (unpaired) electrons. The Hall–Kier alpha value is -2.47. The summed E-state index contributed by atoms with van der Waals surface area (Å²) < 4.78 is 27.0. The number of benzene rings is 2. The van der Waals surface area contributed by atoms with E-state index in [2.05, 4.69) is 5.32 Å². The standard InChI is InChI=1S/C18H21F2N3O/c1-22(2)10-11-23(13-14-6-4-3-5-7-14)18(24)21-17-12-15(19)8-9-16(17)20/h3-9,12H,10-11,13H2,1-2H3,(H,21,24). The first-order valence-electron chi connectivity index (χ1n) is 7.65. The number of hydrogen-bond acceptors (Lipinski definition) is 2. The number of rotatable bonds is 6. The third-order valence-electron chi connectivity index (χ3n) is 3.49. The molecule has 0 aliphatic carbocycles. The molecule has 6 heteroatoms. The van der Waals surface area contributed by atoms with Crippen molar-refractivity contribution in [2.24, 2.45) is 0 Å². The lowest BCUT2D eigenvalue weighted by Gasteiger charge is -2.25. The first-order valence-corrected chi connectivity index (χ1v) is 7.65. The number of carbonyl (C=O) groups is 1. The van der Waals surface area contributed by atoms with Crippen LogP contribution in [0.4, 0.5) is 19.3 Å². The van der Waals surface area contributed by atoms with Crippen LogP contribution in [0.1, 0.15) is 5.56 Å². The van der Waals surface area contributed by atoms with Crippen LogP contribution in [0.25, 0.3) is 0 Å². The van der Waals surface area contributed by atoms with E-state index < -0.39 is 17.7 Å². The summed E-state index contributed by atoms with van der Waals surface area (Å²) in [7, 11) is 3.82. The Balaban J connectivity index is 2.12. The molecular weight excluding hydrogens is 312 g/mol. The van der Waals surface area contributed by atoms with Crippen molar-refractivity contribution in [2.45, 2.75) is 6.54 Å². The van der Waals surface area contributed by atoms with E-state index in [1.807, 2.05) is 49.3 Å². The van der Waals surface area contributed by atoms with E-state index in [1.54, 1.807) is 4.90 Å². The largest absolute Gasteiger partial charge is 0.322 e. The molecule has 0 atom stereocenters. The summed E-state index contributed by atoms with van der Waals surface area (Å²) in [6, 6.07) is 12.0. The van der Waals surface area contributed by atoms with Gasteiger partial charge in [-0.1, -0.05) is 30.3 Å². The molecule has 0 fully saturated rings. The number of nitrogens with zero attached hydrogens (tertiary/aromatic N) is 2. The van der Waals surface area contributed by atoms with Gasteiger partial charge in [-0.25, -0.2) is 13.6 Å². The zero-order chi connectivity index (χ0) is 17.5. The Kier molecular flexibility index (Phi) is 6.26. The predicted octanol–water partition coefficient (Wildman–Crippen LogP) is 3.56. The van der Waals surface area contributed by atoms with Gasteiger partial charge < -0.3 is 15.1 Å². The molecule has 2 aromatic rings. The Morgan fingerprint density at radius 2 is 1.75 bits per heavy atom. The average molecular weight is 333 g/mol. The maximum absolute atomic E-state index is 13.7. The predicted molar refractivity (Wildman–Crippen MR) is 90.8 cm³/mol. The second kappa shape index (κ2) is 8.40. The van der Waals surface area contributed by atoms with Crippen molar-refractivity contribution in [1.82, 2.24) is 9.80 Å². The van der Waals surface area contributed by atoms with Crippen LogP contribution >= 0.6 is 0 Å². The number of carbonyl (C=O) groups excluding carboxylic acids is 1. The Bertz CT molecular complexity index is 677. The second-order valence-corrected chi connectivity index (χ2v) is 5.76. The smallest absolute Gasteiger partial charge is 0.319 e. The van der Waals surface area contributed by atoms with Gasteiger partial charge in [0.15, 0.2) is 0 Å². The molecule has 2 aromatic carbocycles. The maximum Gasteiger partial charge on any atom is 0.322 e. The summed E-state index contributed by atoms with van der Waals surface area (Å²) in [5.41, 5.74) is 0.800. The molecule has 2 rings (SSSR count). The van der Waals surface area contributed by atoms with Crippen molar-refractivity contribution in [2.75, 3.05) is 32.5 Å². The van der Waals surface area contributed by atoms with Gasteiger partial charge in [-0.05, 0) is 31.8 Å². The minimum atomic E-state index is -0.669. The topological polar surface area (TPSA) is 35.6 Å². The van der Waals surface area contributed by atoms with Crippen LogP contribution < -0.4 is 5.32 Å². The minimum Gasteiger partial charge on any atom is -0.319 e. The maximum atomic E-state index is 13.7. The summed E-state index contributed by atoms with van der Waals surface area (Å²) in [5, 5.41) is 2.45. The number of nitrogens with one attached hydrogen (secondary N) is 1. The zero-order valence-electron chi connectivity index (χ0n) is 13.8. The van der Waals surface area contributed by atoms with Crippen molar-refractivity contribution in [1.29, 1.82) is 0 Å². The number of amides is 2. The first kappa shape index (κ1) is 17.9. The van der Waals surface area contributed by atoms with E-state index in [1.165, 1.54) is 0 Å². The summed E-state index contributed by atoms with van der Waals surface area (Å²) in [6.07, 6.45) is 0. The number of halogens is 2. The average Bonchev–Trinajstić information content (AvgIpc) is 2.55. The molecule has 0 unspecified atom stereocenters. The summed E-state index contributed by atoms with van der Waals surface area (Å²) >= 11 is 0. The molecule has 0 aromatic heterocycles. The molecule has 4 nitrogen and oxygen atoms in total. The van der Waals surface area contributed by atoms with E-state index in [0.29, 0.717) is 19.6 Å². The number of hydrogen-bond donors (Lipinski definition) is 1. The lowest BCUT2D eigenvalue weighted by atomic mass is 10.2. The van der Waals surface area contributed by atoms with Gasteiger partial charge in [-0.3, -0.25) is 0 Å². The van der Waals surface area contributed by atoms with E-state index in [4.69, 9.17) is 0 Å². The summed E-state index contributed by atoms with van der Waals surface area (Å²) in [4.78, 5) is 16.0. The molecule has 128 valence electrons. The zero-order valence-corrected chi connectivity index (χ0v) is 13.8. The van der Waals surface area contributed by atoms with Crippen molar-refractivity contribution in [3.05, 3.63) is 65.7 Å². The van der Waals surface area contributed by atoms with Crippen LogP contribution in [-0.4, -0.2) is 43.0 Å². The Morgan fingerprint density at radius 3 is 2.42 bits per heavy atom. The van der Waals surface area contributed by atoms with Crippen molar-refractivity contribution >= 4 is 11.7 Å². The third kappa shape index (κ3) is 5.31. The van der Waals surface area contributed by atoms with Gasteiger partial charge in [-0.2, -0.15) is 0 Å². The molecule has 0 spiro atoms. The Morgan fingerprint density at radius 1 is 1.04 bits per heavy atom. The van der Waals surface area contributed by atoms with E-state index in [9.17, 15) is 13.6 Å². The lowest BCUT2D eigenvalue weighted by Crippen LogP contribution is -2.39. The molecule has 2 amide bonds. The normalized spacial score (nSPS) is 10.7. The van der Waals surface area contributed by atoms with Gasteiger partial charge >= 0.3 is 6.03 Å². The van der Waals surface area contributed by atoms with Crippen LogP contribution in [-0.2, 0) is 6.54 Å². The minimum absolute atomic E-state index is 0.164. The Labute approximate surface area is 140 Å². The second-order valence-electron chi connectivity index (χ2n) is 5.76. The molecule has 1 N–H and O–H groups in total. The first-order chi connectivity index (χ1) is 11.5. The summed E-state index contributed by atoms with van der Waals surface area (Å²) in [5.74, 6) is -1.27. The highest BCUT2D eigenvalue weighted by atomic mass is 19.1. The number of likely N-dealkylation sites (N-methyl/N-ethyl adjacent to an activating group) is 1. The fourth-order valence-electron chi connectivity index (χ4n) is 2.16. The van der Waals surface area contributed by atoms with Gasteiger partial charge in [0.25, 0.3) is 0 Å². The van der Waals surface area contributed by atoms with E-state index >= 15 is 0 Å². The van der Waals surface area contributed by atoms with Gasteiger partial charge in [-0.15, -0.1) is 0 Å². The molecule has 0 bridgehead atoms. The molecule has 24 heavy (non-hydrogen) atoms. The molecule has 0 aliphatic heterocycles. The van der Waals surface area contributed by atoms with Gasteiger partial charge in [0, 0.05) is 25.7 Å². The quantitative estimate of drug-likeness (QED) is 0.877. The number of anilines is 1. The van der Waals surface area contributed by atoms with Crippen LogP contribution in [0.3, 0.4) is 0 Å². The lowest BCUT2D eigenvalue weighted by molar-refractivity contribution is 0.202. The fraction of sp³-hybridized carbons (Fsp3) is 0.278. The van der Waals surface area contributed by atoms with Crippen LogP contribution in [0, 0.1) is 11.6 Å². The highest BCUT2D eigenvalue weighted by molar-refractivity contribution is 5.89. The highest BCUT2D eigenvalue weighted by Gasteiger charge is 2.16. The van der Waals surface area contributed by atoms with Crippen molar-refractivity contribution < 1.29 is 13.6 Å². The van der Waals surface area contributed by atoms with Gasteiger partial charge in [0.2, 0.25) is 0 Å². The van der Waals surface area contributed by atoms with E-state index in [0.717, 1.165) is 23.8 Å². The molecule has 0 saturated heterocycles. The van der Waals surface area contributed by atoms with Crippen molar-refractivity contribution in [3.63, 3.8) is 0 Å². The molecule has 0 heterocycles. The molecule has 0 saturated carbocycles. The van der Waals surface area contributed by atoms with Crippen LogP contribution in [0.2, 0.25) is 0 Å². The van der Waals surface area contributed by atoms with E-state index in [-0.39, 0.29) is 5.69 Å². The monoisotopic (exact) mass is 333 g/mol. The number of urea groups is 1.